The highest BCUT2D eigenvalue weighted by Gasteiger charge is 2.10. The lowest BCUT2D eigenvalue weighted by Gasteiger charge is -2.01. The fourth-order valence-corrected chi connectivity index (χ4v) is 2.49. The van der Waals surface area contributed by atoms with Gasteiger partial charge in [0.1, 0.15) is 0 Å². The summed E-state index contributed by atoms with van der Waals surface area (Å²) in [4.78, 5) is 0. The lowest BCUT2D eigenvalue weighted by Crippen LogP contribution is -2.23. The van der Waals surface area contributed by atoms with Crippen molar-refractivity contribution in [1.82, 2.24) is 0 Å². The quantitative estimate of drug-likeness (QED) is 0.604. The standard InChI is InChI=1S/C15H14/c1-10-9-13-8-7-12-5-3-4-6-14(12)15(13)11(10)2/h3-10H,1-2H3. The van der Waals surface area contributed by atoms with E-state index in [0.29, 0.717) is 5.92 Å². The van der Waals surface area contributed by atoms with Crippen LogP contribution >= 0.6 is 0 Å². The van der Waals surface area contributed by atoms with Crippen LogP contribution in [0.25, 0.3) is 22.4 Å². The van der Waals surface area contributed by atoms with Gasteiger partial charge in [0, 0.05) is 0 Å². The van der Waals surface area contributed by atoms with E-state index in [0.717, 1.165) is 0 Å². The van der Waals surface area contributed by atoms with Gasteiger partial charge in [-0.25, -0.2) is 0 Å². The Morgan fingerprint density at radius 1 is 1.00 bits per heavy atom. The van der Waals surface area contributed by atoms with E-state index in [1.165, 1.54) is 26.8 Å². The molecule has 0 saturated carbocycles. The summed E-state index contributed by atoms with van der Waals surface area (Å²) >= 11 is 0. The monoisotopic (exact) mass is 194 g/mol. The van der Waals surface area contributed by atoms with E-state index in [4.69, 9.17) is 0 Å². The topological polar surface area (TPSA) is 0 Å². The molecule has 0 fully saturated rings. The zero-order valence-electron chi connectivity index (χ0n) is 9.12. The molecule has 0 bridgehead atoms. The van der Waals surface area contributed by atoms with Crippen molar-refractivity contribution < 1.29 is 0 Å². The molecule has 2 aromatic rings. The Labute approximate surface area is 89.6 Å². The van der Waals surface area contributed by atoms with Gasteiger partial charge in [-0.15, -0.1) is 0 Å². The Hall–Kier alpha value is -1.56. The smallest absolute Gasteiger partial charge is 0.00358 e. The lowest BCUT2D eigenvalue weighted by atomic mass is 10.0. The molecule has 0 radical (unpaired) electrons. The first-order chi connectivity index (χ1) is 7.27. The van der Waals surface area contributed by atoms with Gasteiger partial charge in [0.05, 0.1) is 0 Å². The first-order valence-corrected chi connectivity index (χ1v) is 5.48. The highest BCUT2D eigenvalue weighted by Crippen LogP contribution is 2.16. The fourth-order valence-electron chi connectivity index (χ4n) is 2.49. The third-order valence-corrected chi connectivity index (χ3v) is 3.47. The van der Waals surface area contributed by atoms with Gasteiger partial charge in [0.25, 0.3) is 0 Å². The second kappa shape index (κ2) is 2.96. The van der Waals surface area contributed by atoms with E-state index < -0.39 is 0 Å². The van der Waals surface area contributed by atoms with Crippen LogP contribution in [-0.2, 0) is 0 Å². The van der Waals surface area contributed by atoms with E-state index in [1.54, 1.807) is 0 Å². The molecule has 1 aliphatic carbocycles. The molecule has 1 unspecified atom stereocenters. The van der Waals surface area contributed by atoms with Gasteiger partial charge in [0.2, 0.25) is 0 Å². The summed E-state index contributed by atoms with van der Waals surface area (Å²) in [6.45, 7) is 4.52. The highest BCUT2D eigenvalue weighted by atomic mass is 14.1. The summed E-state index contributed by atoms with van der Waals surface area (Å²) in [6, 6.07) is 13.1. The molecular formula is C15H14. The van der Waals surface area contributed by atoms with Crippen molar-refractivity contribution in [3.8, 4) is 0 Å². The van der Waals surface area contributed by atoms with Crippen molar-refractivity contribution >= 4 is 22.4 Å². The zero-order chi connectivity index (χ0) is 10.4. The van der Waals surface area contributed by atoms with Crippen LogP contribution in [0, 0.1) is 5.92 Å². The third-order valence-electron chi connectivity index (χ3n) is 3.47. The average molecular weight is 194 g/mol. The van der Waals surface area contributed by atoms with Gasteiger partial charge >= 0.3 is 0 Å². The maximum Gasteiger partial charge on any atom is -0.00358 e. The Morgan fingerprint density at radius 3 is 2.67 bits per heavy atom. The molecule has 0 spiro atoms. The van der Waals surface area contributed by atoms with Crippen LogP contribution in [0.15, 0.2) is 36.4 Å². The van der Waals surface area contributed by atoms with Gasteiger partial charge in [-0.2, -0.15) is 0 Å². The van der Waals surface area contributed by atoms with E-state index in [-0.39, 0.29) is 0 Å². The van der Waals surface area contributed by atoms with Crippen molar-refractivity contribution in [1.29, 1.82) is 0 Å². The van der Waals surface area contributed by atoms with Crippen molar-refractivity contribution in [2.45, 2.75) is 13.8 Å². The second-order valence-electron chi connectivity index (χ2n) is 4.39. The Balaban J connectivity index is 2.63. The molecule has 0 saturated heterocycles. The van der Waals surface area contributed by atoms with Crippen LogP contribution in [0.5, 0.6) is 0 Å². The Morgan fingerprint density at radius 2 is 1.80 bits per heavy atom. The van der Waals surface area contributed by atoms with Gasteiger partial charge in [0.15, 0.2) is 0 Å². The molecule has 2 aromatic carbocycles. The molecule has 1 atom stereocenters. The largest absolute Gasteiger partial charge is 0.0697 e. The molecule has 3 rings (SSSR count). The first-order valence-electron chi connectivity index (χ1n) is 5.48. The van der Waals surface area contributed by atoms with Crippen LogP contribution in [0.2, 0.25) is 0 Å². The minimum atomic E-state index is 0.589. The molecule has 0 amide bonds. The van der Waals surface area contributed by atoms with Crippen molar-refractivity contribution in [2.75, 3.05) is 0 Å². The molecular weight excluding hydrogens is 180 g/mol. The predicted octanol–water partition coefficient (Wildman–Crippen LogP) is 2.44. The fraction of sp³-hybridized carbons (Fsp3) is 0.200. The van der Waals surface area contributed by atoms with E-state index >= 15 is 0 Å². The minimum Gasteiger partial charge on any atom is -0.0697 e. The maximum absolute atomic E-state index is 2.36. The number of fused-ring (bicyclic) bond motifs is 3. The predicted molar refractivity (Wildman–Crippen MR) is 65.9 cm³/mol. The zero-order valence-corrected chi connectivity index (χ0v) is 9.12. The Kier molecular flexibility index (Phi) is 1.72. The maximum atomic E-state index is 2.36. The van der Waals surface area contributed by atoms with Crippen LogP contribution in [0.1, 0.15) is 13.8 Å². The average Bonchev–Trinajstić information content (AvgIpc) is 2.55. The number of hydrogen-bond acceptors (Lipinski definition) is 0. The molecule has 0 aromatic heterocycles. The summed E-state index contributed by atoms with van der Waals surface area (Å²) in [5, 5.41) is 5.60. The highest BCUT2D eigenvalue weighted by molar-refractivity contribution is 5.86. The van der Waals surface area contributed by atoms with E-state index in [9.17, 15) is 0 Å². The summed E-state index contributed by atoms with van der Waals surface area (Å²) in [5.74, 6) is 0.589. The van der Waals surface area contributed by atoms with E-state index in [2.05, 4.69) is 56.3 Å². The second-order valence-corrected chi connectivity index (χ2v) is 4.39. The van der Waals surface area contributed by atoms with E-state index in [1.807, 2.05) is 0 Å². The minimum absolute atomic E-state index is 0.589. The van der Waals surface area contributed by atoms with Crippen LogP contribution in [0.4, 0.5) is 0 Å². The first kappa shape index (κ1) is 8.72. The van der Waals surface area contributed by atoms with Crippen LogP contribution in [-0.4, -0.2) is 0 Å². The Bertz CT molecular complexity index is 647. The molecule has 0 N–H and O–H groups in total. The number of benzene rings is 2. The molecule has 0 heterocycles. The normalized spacial score (nSPS) is 19.1. The number of rotatable bonds is 0. The molecule has 15 heavy (non-hydrogen) atoms. The summed E-state index contributed by atoms with van der Waals surface area (Å²) < 4.78 is 0. The van der Waals surface area contributed by atoms with Gasteiger partial charge < -0.3 is 0 Å². The molecule has 1 aliphatic rings. The molecule has 0 heteroatoms. The summed E-state index contributed by atoms with van der Waals surface area (Å²) in [6.07, 6.45) is 2.36. The van der Waals surface area contributed by atoms with Crippen LogP contribution in [0.3, 0.4) is 0 Å². The molecule has 0 nitrogen and oxygen atoms in total. The van der Waals surface area contributed by atoms with Gasteiger partial charge in [-0.3, -0.25) is 0 Å². The summed E-state index contributed by atoms with van der Waals surface area (Å²) in [7, 11) is 0. The van der Waals surface area contributed by atoms with Crippen LogP contribution < -0.4 is 10.4 Å². The van der Waals surface area contributed by atoms with Crippen molar-refractivity contribution in [3.05, 3.63) is 46.8 Å². The third kappa shape index (κ3) is 1.14. The molecule has 74 valence electrons. The SMILES string of the molecule is CC1=c2c(ccc3ccccc23)=CC1C. The van der Waals surface area contributed by atoms with Crippen molar-refractivity contribution in [3.63, 3.8) is 0 Å². The molecule has 0 aliphatic heterocycles. The number of hydrogen-bond donors (Lipinski definition) is 0. The van der Waals surface area contributed by atoms with Crippen molar-refractivity contribution in [2.24, 2.45) is 5.92 Å². The van der Waals surface area contributed by atoms with Gasteiger partial charge in [-0.1, -0.05) is 55.0 Å². The summed E-state index contributed by atoms with van der Waals surface area (Å²) in [5.41, 5.74) is 1.50. The van der Waals surface area contributed by atoms with Gasteiger partial charge in [-0.05, 0) is 34.1 Å². The lowest BCUT2D eigenvalue weighted by molar-refractivity contribution is 1.02.